The molecule has 0 bridgehead atoms. The number of anilines is 1. The average molecular weight is 385 g/mol. The van der Waals surface area contributed by atoms with Gasteiger partial charge < -0.3 is 0 Å². The highest BCUT2D eigenvalue weighted by molar-refractivity contribution is 7.14. The van der Waals surface area contributed by atoms with E-state index < -0.39 is 35.0 Å². The number of hydrogen-bond acceptors (Lipinski definition) is 4. The van der Waals surface area contributed by atoms with Crippen molar-refractivity contribution in [2.45, 2.75) is 6.18 Å². The quantitative estimate of drug-likeness (QED) is 0.662. The predicted molar refractivity (Wildman–Crippen MR) is 84.7 cm³/mol. The van der Waals surface area contributed by atoms with E-state index in [0.29, 0.717) is 0 Å². The van der Waals surface area contributed by atoms with Gasteiger partial charge in [0.1, 0.15) is 0 Å². The van der Waals surface area contributed by atoms with Gasteiger partial charge in [-0.15, -0.1) is 11.3 Å². The summed E-state index contributed by atoms with van der Waals surface area (Å²) >= 11 is 0.930. The summed E-state index contributed by atoms with van der Waals surface area (Å²) in [5, 5.41) is 3.71. The second-order valence-electron chi connectivity index (χ2n) is 5.02. The molecular formula is C16H8F5N3OS. The molecule has 0 radical (unpaired) electrons. The molecule has 0 aliphatic rings. The number of benzene rings is 1. The molecule has 0 unspecified atom stereocenters. The number of thiazole rings is 1. The first-order valence-corrected chi connectivity index (χ1v) is 7.88. The summed E-state index contributed by atoms with van der Waals surface area (Å²) in [4.78, 5) is 19.3. The smallest absolute Gasteiger partial charge is 0.298 e. The van der Waals surface area contributed by atoms with Crippen LogP contribution in [0, 0.1) is 11.6 Å². The van der Waals surface area contributed by atoms with Crippen LogP contribution in [0.3, 0.4) is 0 Å². The summed E-state index contributed by atoms with van der Waals surface area (Å²) < 4.78 is 65.0. The van der Waals surface area contributed by atoms with E-state index in [9.17, 15) is 26.7 Å². The highest BCUT2D eigenvalue weighted by Gasteiger charge is 2.37. The third-order valence-electron chi connectivity index (χ3n) is 3.26. The Balaban J connectivity index is 1.84. The number of carbonyl (C=O) groups excluding carboxylic acids is 1. The van der Waals surface area contributed by atoms with E-state index in [1.54, 1.807) is 0 Å². The molecule has 3 rings (SSSR count). The largest absolute Gasteiger partial charge is 0.434 e. The molecule has 2 heterocycles. The molecule has 0 saturated heterocycles. The summed E-state index contributed by atoms with van der Waals surface area (Å²) in [7, 11) is 0. The summed E-state index contributed by atoms with van der Waals surface area (Å²) in [5.74, 6) is -3.11. The summed E-state index contributed by atoms with van der Waals surface area (Å²) in [6, 6.07) is 5.35. The van der Waals surface area contributed by atoms with Crippen LogP contribution in [-0.2, 0) is 6.18 Å². The van der Waals surface area contributed by atoms with Crippen molar-refractivity contribution in [2.24, 2.45) is 0 Å². The van der Waals surface area contributed by atoms with Crippen molar-refractivity contribution in [3.05, 3.63) is 64.8 Å². The van der Waals surface area contributed by atoms with Crippen molar-refractivity contribution in [1.29, 1.82) is 0 Å². The number of nitrogens with zero attached hydrogens (tertiary/aromatic N) is 2. The number of pyridine rings is 1. The second kappa shape index (κ2) is 6.79. The highest BCUT2D eigenvalue weighted by Crippen LogP contribution is 2.31. The monoisotopic (exact) mass is 385 g/mol. The van der Waals surface area contributed by atoms with Crippen LogP contribution in [0.2, 0.25) is 0 Å². The standard InChI is InChI=1S/C16H8F5N3OS/c17-10-4-3-8(6-11(10)18)12-7-26-15(23-12)24-14(25)9-2-1-5-22-13(9)16(19,20)21/h1-7H,(H,23,24,25). The van der Waals surface area contributed by atoms with Crippen LogP contribution in [0.15, 0.2) is 41.9 Å². The number of carbonyl (C=O) groups is 1. The van der Waals surface area contributed by atoms with Gasteiger partial charge in [0, 0.05) is 17.1 Å². The minimum absolute atomic E-state index is 0.00621. The number of nitrogens with one attached hydrogen (secondary N) is 1. The molecular weight excluding hydrogens is 377 g/mol. The summed E-state index contributed by atoms with van der Waals surface area (Å²) in [6.07, 6.45) is -3.85. The zero-order chi connectivity index (χ0) is 18.9. The Labute approximate surface area is 147 Å². The molecule has 1 N–H and O–H groups in total. The third kappa shape index (κ3) is 3.69. The van der Waals surface area contributed by atoms with Gasteiger partial charge >= 0.3 is 6.18 Å². The van der Waals surface area contributed by atoms with Gasteiger partial charge in [0.15, 0.2) is 22.5 Å². The fraction of sp³-hybridized carbons (Fsp3) is 0.0625. The maximum absolute atomic E-state index is 13.3. The van der Waals surface area contributed by atoms with Crippen molar-refractivity contribution in [3.8, 4) is 11.3 Å². The molecule has 3 aromatic rings. The number of alkyl halides is 3. The van der Waals surface area contributed by atoms with Gasteiger partial charge in [-0.3, -0.25) is 15.1 Å². The van der Waals surface area contributed by atoms with Gasteiger partial charge in [-0.25, -0.2) is 13.8 Å². The van der Waals surface area contributed by atoms with Crippen LogP contribution in [0.1, 0.15) is 16.1 Å². The number of hydrogen-bond donors (Lipinski definition) is 1. The summed E-state index contributed by atoms with van der Waals surface area (Å²) in [6.45, 7) is 0. The molecule has 10 heteroatoms. The molecule has 0 aliphatic heterocycles. The molecule has 0 fully saturated rings. The Morgan fingerprint density at radius 3 is 2.58 bits per heavy atom. The van der Waals surface area contributed by atoms with Crippen LogP contribution in [-0.4, -0.2) is 15.9 Å². The number of halogens is 5. The lowest BCUT2D eigenvalue weighted by atomic mass is 10.1. The van der Waals surface area contributed by atoms with Crippen LogP contribution in [0.5, 0.6) is 0 Å². The van der Waals surface area contributed by atoms with Gasteiger partial charge in [-0.05, 0) is 30.3 Å². The Kier molecular flexibility index (Phi) is 4.68. The second-order valence-corrected chi connectivity index (χ2v) is 5.88. The van der Waals surface area contributed by atoms with E-state index in [1.165, 1.54) is 17.5 Å². The highest BCUT2D eigenvalue weighted by atomic mass is 32.1. The SMILES string of the molecule is O=C(Nc1nc(-c2ccc(F)c(F)c2)cs1)c1cccnc1C(F)(F)F. The Morgan fingerprint density at radius 2 is 1.88 bits per heavy atom. The van der Waals surface area contributed by atoms with Crippen LogP contribution in [0.25, 0.3) is 11.3 Å². The van der Waals surface area contributed by atoms with E-state index in [0.717, 1.165) is 35.7 Å². The lowest BCUT2D eigenvalue weighted by molar-refractivity contribution is -0.141. The van der Waals surface area contributed by atoms with Crippen LogP contribution in [0.4, 0.5) is 27.1 Å². The number of aromatic nitrogens is 2. The predicted octanol–water partition coefficient (Wildman–Crippen LogP) is 4.75. The Bertz CT molecular complexity index is 971. The molecule has 1 amide bonds. The lowest BCUT2D eigenvalue weighted by Gasteiger charge is -2.10. The van der Waals surface area contributed by atoms with E-state index in [-0.39, 0.29) is 16.4 Å². The van der Waals surface area contributed by atoms with E-state index in [2.05, 4.69) is 15.3 Å². The molecule has 26 heavy (non-hydrogen) atoms. The summed E-state index contributed by atoms with van der Waals surface area (Å²) in [5.41, 5.74) is -1.45. The number of amides is 1. The molecule has 1 aromatic carbocycles. The molecule has 134 valence electrons. The maximum Gasteiger partial charge on any atom is 0.434 e. The normalized spacial score (nSPS) is 11.4. The van der Waals surface area contributed by atoms with E-state index in [4.69, 9.17) is 0 Å². The fourth-order valence-corrected chi connectivity index (χ4v) is 2.81. The molecule has 0 spiro atoms. The minimum atomic E-state index is -4.78. The van der Waals surface area contributed by atoms with Crippen molar-refractivity contribution in [3.63, 3.8) is 0 Å². The van der Waals surface area contributed by atoms with Gasteiger partial charge in [-0.1, -0.05) is 0 Å². The minimum Gasteiger partial charge on any atom is -0.298 e. The molecule has 4 nitrogen and oxygen atoms in total. The van der Waals surface area contributed by atoms with Crippen molar-refractivity contribution in [1.82, 2.24) is 9.97 Å². The topological polar surface area (TPSA) is 54.9 Å². The number of rotatable bonds is 3. The molecule has 2 aromatic heterocycles. The maximum atomic E-state index is 13.3. The van der Waals surface area contributed by atoms with E-state index >= 15 is 0 Å². The first kappa shape index (κ1) is 17.9. The Hall–Kier alpha value is -2.88. The van der Waals surface area contributed by atoms with Crippen molar-refractivity contribution < 1.29 is 26.7 Å². The molecule has 0 atom stereocenters. The van der Waals surface area contributed by atoms with Crippen molar-refractivity contribution >= 4 is 22.4 Å². The first-order chi connectivity index (χ1) is 12.3. The van der Waals surface area contributed by atoms with Gasteiger partial charge in [0.05, 0.1) is 11.3 Å². The zero-order valence-electron chi connectivity index (χ0n) is 12.6. The van der Waals surface area contributed by atoms with Crippen LogP contribution < -0.4 is 5.32 Å². The van der Waals surface area contributed by atoms with E-state index in [1.807, 2.05) is 0 Å². The zero-order valence-corrected chi connectivity index (χ0v) is 13.5. The van der Waals surface area contributed by atoms with Gasteiger partial charge in [-0.2, -0.15) is 13.2 Å². The average Bonchev–Trinajstić information content (AvgIpc) is 3.05. The van der Waals surface area contributed by atoms with Gasteiger partial charge in [0.2, 0.25) is 0 Å². The fourth-order valence-electron chi connectivity index (χ4n) is 2.10. The Morgan fingerprint density at radius 1 is 1.12 bits per heavy atom. The third-order valence-corrected chi connectivity index (χ3v) is 4.02. The lowest BCUT2D eigenvalue weighted by Crippen LogP contribution is -2.20. The van der Waals surface area contributed by atoms with Crippen LogP contribution >= 0.6 is 11.3 Å². The molecule has 0 saturated carbocycles. The first-order valence-electron chi connectivity index (χ1n) is 7.00. The van der Waals surface area contributed by atoms with Gasteiger partial charge in [0.25, 0.3) is 5.91 Å². The molecule has 0 aliphatic carbocycles. The van der Waals surface area contributed by atoms with Crippen molar-refractivity contribution in [2.75, 3.05) is 5.32 Å².